The summed E-state index contributed by atoms with van der Waals surface area (Å²) in [6.07, 6.45) is 10.3. The maximum atomic E-state index is 6.42. The van der Waals surface area contributed by atoms with Crippen LogP contribution in [0.1, 0.15) is 45.4 Å². The number of rotatable bonds is 10. The lowest BCUT2D eigenvalue weighted by Gasteiger charge is -2.31. The van der Waals surface area contributed by atoms with E-state index in [0.717, 1.165) is 56.1 Å². The highest BCUT2D eigenvalue weighted by Crippen LogP contribution is 2.30. The average Bonchev–Trinajstić information content (AvgIpc) is 3.60. The van der Waals surface area contributed by atoms with E-state index in [4.69, 9.17) is 21.3 Å². The van der Waals surface area contributed by atoms with Gasteiger partial charge in [0.15, 0.2) is 0 Å². The van der Waals surface area contributed by atoms with Crippen LogP contribution in [0.25, 0.3) is 11.3 Å². The number of aromatic nitrogens is 4. The quantitative estimate of drug-likeness (QED) is 0.508. The van der Waals surface area contributed by atoms with Crippen molar-refractivity contribution in [2.75, 3.05) is 30.9 Å². The van der Waals surface area contributed by atoms with Gasteiger partial charge in [-0.15, -0.1) is 5.10 Å². The molecule has 31 heavy (non-hydrogen) atoms. The van der Waals surface area contributed by atoms with Gasteiger partial charge in [0.25, 0.3) is 0 Å². The van der Waals surface area contributed by atoms with Gasteiger partial charge in [-0.25, -0.2) is 9.97 Å². The summed E-state index contributed by atoms with van der Waals surface area (Å²) in [6.45, 7) is 3.84. The van der Waals surface area contributed by atoms with Gasteiger partial charge in [-0.3, -0.25) is 0 Å². The molecule has 2 aromatic rings. The van der Waals surface area contributed by atoms with Gasteiger partial charge in [0.05, 0.1) is 29.7 Å². The Hall–Kier alpha value is -2.03. The molecule has 0 aromatic carbocycles. The Bertz CT molecular complexity index is 856. The highest BCUT2D eigenvalue weighted by molar-refractivity contribution is 6.32. The number of nitrogens with zero attached hydrogens (tertiary/aromatic N) is 4. The van der Waals surface area contributed by atoms with Crippen LogP contribution in [0.3, 0.4) is 0 Å². The number of hydrogen-bond donors (Lipinski definition) is 3. The first kappa shape index (κ1) is 22.2. The summed E-state index contributed by atoms with van der Waals surface area (Å²) in [5, 5.41) is 19.3. The molecule has 4 rings (SSSR count). The summed E-state index contributed by atoms with van der Waals surface area (Å²) >= 11 is 6.42. The predicted molar refractivity (Wildman–Crippen MR) is 123 cm³/mol. The molecule has 2 saturated carbocycles. The molecule has 0 radical (unpaired) electrons. The molecule has 0 spiro atoms. The number of nitrogens with one attached hydrogen (secondary N) is 3. The van der Waals surface area contributed by atoms with Gasteiger partial charge in [-0.1, -0.05) is 11.6 Å². The molecule has 0 bridgehead atoms. The zero-order chi connectivity index (χ0) is 21.6. The van der Waals surface area contributed by atoms with E-state index in [1.165, 1.54) is 12.8 Å². The predicted octanol–water partition coefficient (Wildman–Crippen LogP) is 3.76. The van der Waals surface area contributed by atoms with Gasteiger partial charge in [0.2, 0.25) is 5.95 Å². The standard InChI is InChI=1S/C22H32ClN7O/c1-14(13-31-2)27-17-5-7-18(8-6-17)28-22-25-12-19(23)21(29-22)16-9-20(30-26-11-16)24-10-15-3-4-15/h9,11-12,14-15,17-18,27H,3-8,10,13H2,1-2H3,(H,24,30)(H,25,28,29)/t14-,17?,18?/m1/s1. The molecule has 0 unspecified atom stereocenters. The Kier molecular flexibility index (Phi) is 7.53. The van der Waals surface area contributed by atoms with Crippen LogP contribution in [0.4, 0.5) is 11.8 Å². The van der Waals surface area contributed by atoms with Gasteiger partial charge in [-0.2, -0.15) is 5.10 Å². The van der Waals surface area contributed by atoms with Crippen molar-refractivity contribution < 1.29 is 4.74 Å². The van der Waals surface area contributed by atoms with Crippen molar-refractivity contribution in [2.24, 2.45) is 5.92 Å². The first-order valence-corrected chi connectivity index (χ1v) is 11.6. The van der Waals surface area contributed by atoms with E-state index in [0.29, 0.717) is 34.8 Å². The van der Waals surface area contributed by atoms with Gasteiger partial charge < -0.3 is 20.7 Å². The van der Waals surface area contributed by atoms with Crippen LogP contribution >= 0.6 is 11.6 Å². The number of hydrogen-bond acceptors (Lipinski definition) is 8. The first-order valence-electron chi connectivity index (χ1n) is 11.2. The molecule has 2 fully saturated rings. The summed E-state index contributed by atoms with van der Waals surface area (Å²) in [6, 6.07) is 3.22. The second-order valence-electron chi connectivity index (χ2n) is 8.76. The molecule has 0 saturated heterocycles. The number of halogens is 1. The van der Waals surface area contributed by atoms with Gasteiger partial charge in [0, 0.05) is 37.3 Å². The van der Waals surface area contributed by atoms with Crippen LogP contribution in [-0.2, 0) is 4.74 Å². The zero-order valence-corrected chi connectivity index (χ0v) is 19.0. The SMILES string of the molecule is COC[C@@H](C)NC1CCC(Nc2ncc(Cl)c(-c3cnnc(NCC4CC4)c3)n2)CC1. The van der Waals surface area contributed by atoms with Crippen molar-refractivity contribution in [1.82, 2.24) is 25.5 Å². The second-order valence-corrected chi connectivity index (χ2v) is 9.17. The Morgan fingerprint density at radius 3 is 2.65 bits per heavy atom. The Balaban J connectivity index is 1.35. The van der Waals surface area contributed by atoms with Crippen molar-refractivity contribution in [3.8, 4) is 11.3 Å². The number of ether oxygens (including phenoxy) is 1. The highest BCUT2D eigenvalue weighted by Gasteiger charge is 2.23. The third-order valence-corrected chi connectivity index (χ3v) is 6.21. The number of anilines is 2. The van der Waals surface area contributed by atoms with Crippen LogP contribution in [0.15, 0.2) is 18.5 Å². The van der Waals surface area contributed by atoms with Crippen LogP contribution in [0.5, 0.6) is 0 Å². The minimum atomic E-state index is 0.358. The molecule has 2 aliphatic carbocycles. The van der Waals surface area contributed by atoms with Gasteiger partial charge in [0.1, 0.15) is 5.82 Å². The molecule has 1 atom stereocenters. The van der Waals surface area contributed by atoms with Crippen LogP contribution in [0, 0.1) is 5.92 Å². The molecule has 168 valence electrons. The van der Waals surface area contributed by atoms with Crippen molar-refractivity contribution in [2.45, 2.75) is 63.6 Å². The molecule has 0 amide bonds. The van der Waals surface area contributed by atoms with E-state index in [9.17, 15) is 0 Å². The Morgan fingerprint density at radius 1 is 1.13 bits per heavy atom. The van der Waals surface area contributed by atoms with Crippen LogP contribution < -0.4 is 16.0 Å². The monoisotopic (exact) mass is 445 g/mol. The average molecular weight is 446 g/mol. The van der Waals surface area contributed by atoms with Gasteiger partial charge in [-0.05, 0) is 57.4 Å². The zero-order valence-electron chi connectivity index (χ0n) is 18.3. The van der Waals surface area contributed by atoms with E-state index < -0.39 is 0 Å². The molecular formula is C22H32ClN7O. The van der Waals surface area contributed by atoms with Crippen molar-refractivity contribution in [3.63, 3.8) is 0 Å². The summed E-state index contributed by atoms with van der Waals surface area (Å²) in [4.78, 5) is 9.10. The fraction of sp³-hybridized carbons (Fsp3) is 0.636. The summed E-state index contributed by atoms with van der Waals surface area (Å²) in [5.41, 5.74) is 1.51. The molecule has 9 heteroatoms. The molecule has 2 aliphatic rings. The minimum Gasteiger partial charge on any atom is -0.383 e. The Morgan fingerprint density at radius 2 is 1.90 bits per heavy atom. The van der Waals surface area contributed by atoms with Crippen LogP contribution in [0.2, 0.25) is 5.02 Å². The molecule has 0 aliphatic heterocycles. The molecular weight excluding hydrogens is 414 g/mol. The normalized spacial score (nSPS) is 22.2. The Labute approximate surface area is 188 Å². The number of methoxy groups -OCH3 is 1. The van der Waals surface area contributed by atoms with Crippen molar-refractivity contribution in [1.29, 1.82) is 0 Å². The van der Waals surface area contributed by atoms with E-state index in [2.05, 4.69) is 38.1 Å². The lowest BCUT2D eigenvalue weighted by Crippen LogP contribution is -2.43. The van der Waals surface area contributed by atoms with Gasteiger partial charge >= 0.3 is 0 Å². The summed E-state index contributed by atoms with van der Waals surface area (Å²) < 4.78 is 5.22. The van der Waals surface area contributed by atoms with Crippen molar-refractivity contribution in [3.05, 3.63) is 23.5 Å². The third-order valence-electron chi connectivity index (χ3n) is 5.94. The van der Waals surface area contributed by atoms with E-state index in [1.54, 1.807) is 19.5 Å². The molecule has 2 aromatic heterocycles. The molecule has 3 N–H and O–H groups in total. The maximum Gasteiger partial charge on any atom is 0.223 e. The highest BCUT2D eigenvalue weighted by atomic mass is 35.5. The van der Waals surface area contributed by atoms with Crippen LogP contribution in [-0.4, -0.2) is 58.6 Å². The lowest BCUT2D eigenvalue weighted by molar-refractivity contribution is 0.161. The lowest BCUT2D eigenvalue weighted by atomic mass is 9.91. The topological polar surface area (TPSA) is 96.9 Å². The smallest absolute Gasteiger partial charge is 0.223 e. The van der Waals surface area contributed by atoms with E-state index >= 15 is 0 Å². The second kappa shape index (κ2) is 10.5. The van der Waals surface area contributed by atoms with E-state index in [1.807, 2.05) is 6.07 Å². The fourth-order valence-electron chi connectivity index (χ4n) is 4.08. The van der Waals surface area contributed by atoms with Crippen molar-refractivity contribution >= 4 is 23.4 Å². The van der Waals surface area contributed by atoms with E-state index in [-0.39, 0.29) is 0 Å². The summed E-state index contributed by atoms with van der Waals surface area (Å²) in [7, 11) is 1.74. The fourth-order valence-corrected chi connectivity index (χ4v) is 4.28. The first-order chi connectivity index (χ1) is 15.1. The largest absolute Gasteiger partial charge is 0.383 e. The maximum absolute atomic E-state index is 6.42. The molecule has 2 heterocycles. The summed E-state index contributed by atoms with van der Waals surface area (Å²) in [5.74, 6) is 2.12. The minimum absolute atomic E-state index is 0.358. The third kappa shape index (κ3) is 6.48. The molecule has 8 nitrogen and oxygen atoms in total.